The van der Waals surface area contributed by atoms with Gasteiger partial charge in [-0.1, -0.05) is 29.8 Å². The van der Waals surface area contributed by atoms with Gasteiger partial charge in [0.25, 0.3) is 0 Å². The summed E-state index contributed by atoms with van der Waals surface area (Å²) in [4.78, 5) is 8.83. The highest BCUT2D eigenvalue weighted by atomic mass is 127. The van der Waals surface area contributed by atoms with Gasteiger partial charge in [-0.05, 0) is 38.0 Å². The molecule has 6 heteroatoms. The van der Waals surface area contributed by atoms with E-state index < -0.39 is 0 Å². The normalized spacial score (nSPS) is 10.8. The summed E-state index contributed by atoms with van der Waals surface area (Å²) in [6, 6.07) is 12.3. The fraction of sp³-hybridized carbons (Fsp3) is 0.368. The number of ether oxygens (including phenoxy) is 1. The Balaban J connectivity index is 0.00000312. The first-order valence-electron chi connectivity index (χ1n) is 8.36. The summed E-state index contributed by atoms with van der Waals surface area (Å²) in [5, 5.41) is 6.62. The van der Waals surface area contributed by atoms with Crippen LogP contribution in [-0.2, 0) is 13.1 Å². The molecule has 0 aliphatic carbocycles. The van der Waals surface area contributed by atoms with Gasteiger partial charge in [0.05, 0.1) is 13.2 Å². The summed E-state index contributed by atoms with van der Waals surface area (Å²) in [5.74, 6) is 1.45. The van der Waals surface area contributed by atoms with Crippen molar-refractivity contribution in [3.63, 3.8) is 0 Å². The number of hydrogen-bond donors (Lipinski definition) is 2. The Morgan fingerprint density at radius 3 is 2.68 bits per heavy atom. The number of hydrogen-bond acceptors (Lipinski definition) is 3. The molecular formula is C19H27IN4O. The predicted octanol–water partition coefficient (Wildman–Crippen LogP) is 3.66. The molecule has 5 nitrogen and oxygen atoms in total. The van der Waals surface area contributed by atoms with E-state index in [1.807, 2.05) is 19.1 Å². The first-order valence-corrected chi connectivity index (χ1v) is 8.36. The molecule has 25 heavy (non-hydrogen) atoms. The highest BCUT2D eigenvalue weighted by Gasteiger charge is 2.01. The lowest BCUT2D eigenvalue weighted by Gasteiger charge is -2.12. The van der Waals surface area contributed by atoms with Crippen molar-refractivity contribution in [1.82, 2.24) is 15.6 Å². The summed E-state index contributed by atoms with van der Waals surface area (Å²) in [6.45, 7) is 8.86. The number of aliphatic imine (C=N–C) groups is 1. The van der Waals surface area contributed by atoms with E-state index in [2.05, 4.69) is 58.7 Å². The summed E-state index contributed by atoms with van der Waals surface area (Å²) < 4.78 is 5.43. The molecule has 1 aromatic heterocycles. The van der Waals surface area contributed by atoms with E-state index in [0.29, 0.717) is 25.6 Å². The van der Waals surface area contributed by atoms with Crippen molar-refractivity contribution in [3.8, 4) is 5.88 Å². The van der Waals surface area contributed by atoms with E-state index in [-0.39, 0.29) is 24.0 Å². The maximum Gasteiger partial charge on any atom is 0.213 e. The molecule has 2 rings (SSSR count). The van der Waals surface area contributed by atoms with Crippen LogP contribution in [0.1, 0.15) is 30.5 Å². The van der Waals surface area contributed by atoms with E-state index in [4.69, 9.17) is 4.74 Å². The van der Waals surface area contributed by atoms with Crippen LogP contribution in [-0.4, -0.2) is 24.1 Å². The van der Waals surface area contributed by atoms with Gasteiger partial charge in [0.15, 0.2) is 5.96 Å². The molecular weight excluding hydrogens is 427 g/mol. The molecule has 0 amide bonds. The third-order valence-corrected chi connectivity index (χ3v) is 3.40. The van der Waals surface area contributed by atoms with Crippen LogP contribution in [0, 0.1) is 6.92 Å². The average molecular weight is 454 g/mol. The Bertz CT molecular complexity index is 676. The van der Waals surface area contributed by atoms with Crippen LogP contribution in [0.15, 0.2) is 47.6 Å². The van der Waals surface area contributed by atoms with Crippen LogP contribution >= 0.6 is 24.0 Å². The molecule has 0 fully saturated rings. The maximum atomic E-state index is 5.43. The van der Waals surface area contributed by atoms with Crippen LogP contribution in [0.4, 0.5) is 0 Å². The second-order valence-electron chi connectivity index (χ2n) is 5.47. The maximum absolute atomic E-state index is 5.43. The molecule has 0 radical (unpaired) electrons. The predicted molar refractivity (Wildman–Crippen MR) is 114 cm³/mol. The number of halogens is 1. The first-order chi connectivity index (χ1) is 11.7. The summed E-state index contributed by atoms with van der Waals surface area (Å²) in [6.07, 6.45) is 1.76. The Kier molecular flexibility index (Phi) is 9.91. The summed E-state index contributed by atoms with van der Waals surface area (Å²) >= 11 is 0. The van der Waals surface area contributed by atoms with E-state index in [0.717, 1.165) is 18.1 Å². The van der Waals surface area contributed by atoms with Crippen molar-refractivity contribution in [1.29, 1.82) is 0 Å². The Morgan fingerprint density at radius 2 is 1.96 bits per heavy atom. The molecule has 0 atom stereocenters. The number of rotatable bonds is 7. The van der Waals surface area contributed by atoms with Crippen molar-refractivity contribution in [2.45, 2.75) is 33.9 Å². The minimum atomic E-state index is 0. The molecule has 0 aliphatic rings. The number of aromatic nitrogens is 1. The summed E-state index contributed by atoms with van der Waals surface area (Å²) in [7, 11) is 0. The Morgan fingerprint density at radius 1 is 1.12 bits per heavy atom. The van der Waals surface area contributed by atoms with Crippen molar-refractivity contribution < 1.29 is 4.74 Å². The number of nitrogens with zero attached hydrogens (tertiary/aromatic N) is 2. The van der Waals surface area contributed by atoms with E-state index >= 15 is 0 Å². The second kappa shape index (κ2) is 11.7. The Labute approximate surface area is 167 Å². The smallest absolute Gasteiger partial charge is 0.213 e. The molecule has 1 heterocycles. The van der Waals surface area contributed by atoms with Crippen LogP contribution in [0.2, 0.25) is 0 Å². The number of benzene rings is 1. The molecule has 2 N–H and O–H groups in total. The molecule has 0 saturated heterocycles. The zero-order valence-corrected chi connectivity index (χ0v) is 17.4. The molecule has 0 unspecified atom stereocenters. The van der Waals surface area contributed by atoms with E-state index in [1.54, 1.807) is 6.20 Å². The molecule has 1 aromatic carbocycles. The van der Waals surface area contributed by atoms with Crippen molar-refractivity contribution >= 4 is 29.9 Å². The largest absolute Gasteiger partial charge is 0.478 e. The number of pyridine rings is 1. The topological polar surface area (TPSA) is 58.5 Å². The highest BCUT2D eigenvalue weighted by molar-refractivity contribution is 14.0. The third-order valence-electron chi connectivity index (χ3n) is 3.40. The van der Waals surface area contributed by atoms with Crippen molar-refractivity contribution in [3.05, 3.63) is 59.3 Å². The molecule has 0 aliphatic heterocycles. The SMILES string of the molecule is CCNC(=NCc1cccc(C)c1)NCc1ccnc(OCC)c1.I. The van der Waals surface area contributed by atoms with Gasteiger partial charge in [-0.2, -0.15) is 0 Å². The standard InChI is InChI=1S/C19H26N4O.HI/c1-4-20-19(22-13-16-8-6-7-15(3)11-16)23-14-17-9-10-21-18(12-17)24-5-2;/h6-12H,4-5,13-14H2,1-3H3,(H2,20,22,23);1H. The van der Waals surface area contributed by atoms with Gasteiger partial charge in [0.1, 0.15) is 0 Å². The second-order valence-corrected chi connectivity index (χ2v) is 5.47. The third kappa shape index (κ3) is 7.72. The van der Waals surface area contributed by atoms with Gasteiger partial charge in [-0.3, -0.25) is 0 Å². The number of nitrogens with one attached hydrogen (secondary N) is 2. The van der Waals surface area contributed by atoms with Crippen molar-refractivity contribution in [2.75, 3.05) is 13.2 Å². The van der Waals surface area contributed by atoms with E-state index in [9.17, 15) is 0 Å². The fourth-order valence-electron chi connectivity index (χ4n) is 2.30. The van der Waals surface area contributed by atoms with Gasteiger partial charge < -0.3 is 15.4 Å². The molecule has 0 spiro atoms. The van der Waals surface area contributed by atoms with Gasteiger partial charge in [0.2, 0.25) is 5.88 Å². The summed E-state index contributed by atoms with van der Waals surface area (Å²) in [5.41, 5.74) is 3.56. The minimum Gasteiger partial charge on any atom is -0.478 e. The van der Waals surface area contributed by atoms with Crippen molar-refractivity contribution in [2.24, 2.45) is 4.99 Å². The van der Waals surface area contributed by atoms with Crippen LogP contribution < -0.4 is 15.4 Å². The zero-order valence-electron chi connectivity index (χ0n) is 15.1. The Hall–Kier alpha value is -1.83. The molecule has 136 valence electrons. The van der Waals surface area contributed by atoms with Gasteiger partial charge in [0, 0.05) is 25.4 Å². The monoisotopic (exact) mass is 454 g/mol. The number of aryl methyl sites for hydroxylation is 1. The van der Waals surface area contributed by atoms with E-state index in [1.165, 1.54) is 11.1 Å². The molecule has 2 aromatic rings. The lowest BCUT2D eigenvalue weighted by Crippen LogP contribution is -2.36. The molecule has 0 bridgehead atoms. The zero-order chi connectivity index (χ0) is 17.2. The lowest BCUT2D eigenvalue weighted by molar-refractivity contribution is 0.326. The average Bonchev–Trinajstić information content (AvgIpc) is 2.58. The van der Waals surface area contributed by atoms with Gasteiger partial charge in [-0.15, -0.1) is 24.0 Å². The highest BCUT2D eigenvalue weighted by Crippen LogP contribution is 2.09. The van der Waals surface area contributed by atoms with Crippen LogP contribution in [0.25, 0.3) is 0 Å². The van der Waals surface area contributed by atoms with Gasteiger partial charge in [-0.25, -0.2) is 9.98 Å². The molecule has 0 saturated carbocycles. The lowest BCUT2D eigenvalue weighted by atomic mass is 10.1. The first kappa shape index (κ1) is 21.2. The van der Waals surface area contributed by atoms with Gasteiger partial charge >= 0.3 is 0 Å². The van der Waals surface area contributed by atoms with Crippen LogP contribution in [0.3, 0.4) is 0 Å². The quantitative estimate of drug-likeness (QED) is 0.381. The van der Waals surface area contributed by atoms with Crippen LogP contribution in [0.5, 0.6) is 5.88 Å². The number of guanidine groups is 1. The minimum absolute atomic E-state index is 0. The fourth-order valence-corrected chi connectivity index (χ4v) is 2.30.